The molecular weight excluding hydrogens is 470 g/mol. The van der Waals surface area contributed by atoms with E-state index in [4.69, 9.17) is 0 Å². The molecule has 0 aromatic heterocycles. The van der Waals surface area contributed by atoms with E-state index in [1.807, 2.05) is 80.6 Å². The van der Waals surface area contributed by atoms with Crippen LogP contribution in [0.15, 0.2) is 66.7 Å². The molecule has 0 radical (unpaired) electrons. The number of nitrogens with one attached hydrogen (secondary N) is 1. The van der Waals surface area contributed by atoms with Crippen LogP contribution in [0.2, 0.25) is 0 Å². The second kappa shape index (κ2) is 9.13. The van der Waals surface area contributed by atoms with Gasteiger partial charge in [-0.3, -0.25) is 24.2 Å². The second-order valence-corrected chi connectivity index (χ2v) is 10.9. The Labute approximate surface area is 215 Å². The summed E-state index contributed by atoms with van der Waals surface area (Å²) >= 11 is 1.32. The van der Waals surface area contributed by atoms with Crippen LogP contribution in [-0.4, -0.2) is 30.0 Å². The lowest BCUT2D eigenvalue weighted by Crippen LogP contribution is -2.51. The predicted molar refractivity (Wildman–Crippen MR) is 145 cm³/mol. The Balaban J connectivity index is 1.48. The Morgan fingerprint density at radius 1 is 1.00 bits per heavy atom. The number of nitrogens with zero attached hydrogens (tertiary/aromatic N) is 2. The lowest BCUT2D eigenvalue weighted by molar-refractivity contribution is -0.124. The molecule has 3 aromatic rings. The van der Waals surface area contributed by atoms with Crippen LogP contribution in [-0.2, 0) is 19.3 Å². The first-order chi connectivity index (χ1) is 17.2. The maximum Gasteiger partial charge on any atom is 0.269 e. The van der Waals surface area contributed by atoms with E-state index >= 15 is 0 Å². The van der Waals surface area contributed by atoms with E-state index in [0.717, 1.165) is 16.7 Å². The van der Waals surface area contributed by atoms with E-state index in [2.05, 4.69) is 19.2 Å². The van der Waals surface area contributed by atoms with Crippen LogP contribution in [0, 0.1) is 13.8 Å². The van der Waals surface area contributed by atoms with Gasteiger partial charge in [-0.25, -0.2) is 0 Å². The van der Waals surface area contributed by atoms with E-state index in [1.165, 1.54) is 22.2 Å². The van der Waals surface area contributed by atoms with Crippen molar-refractivity contribution >= 4 is 46.5 Å². The molecule has 1 saturated heterocycles. The molecule has 7 heteroatoms. The molecule has 2 aliphatic rings. The molecule has 1 atom stereocenters. The van der Waals surface area contributed by atoms with Gasteiger partial charge in [0, 0.05) is 16.9 Å². The van der Waals surface area contributed by atoms with Crippen LogP contribution in [0.1, 0.15) is 42.0 Å². The summed E-state index contributed by atoms with van der Waals surface area (Å²) in [4.78, 5) is 42.3. The third-order valence-corrected chi connectivity index (χ3v) is 8.08. The summed E-state index contributed by atoms with van der Waals surface area (Å²) in [7, 11) is 0. The number of benzene rings is 3. The molecule has 3 aromatic carbocycles. The Hall–Kier alpha value is -3.58. The summed E-state index contributed by atoms with van der Waals surface area (Å²) in [6.07, 6.45) is 0. The highest BCUT2D eigenvalue weighted by Crippen LogP contribution is 2.55. The standard InChI is InChI=1S/C29H29N3O3S/c1-18(2)21-9-11-22(12-10-21)30-26(33)16-31-25-8-6-5-7-24(25)29(28(31)35)32(27(34)17-36-29)23-14-19(3)13-20(4)15-23/h5-15,18H,16-17H2,1-4H3,(H,30,33). The van der Waals surface area contributed by atoms with E-state index in [0.29, 0.717) is 23.0 Å². The van der Waals surface area contributed by atoms with Crippen LogP contribution < -0.4 is 15.1 Å². The van der Waals surface area contributed by atoms with Gasteiger partial charge in [0.1, 0.15) is 6.54 Å². The van der Waals surface area contributed by atoms with Gasteiger partial charge in [-0.05, 0) is 66.8 Å². The van der Waals surface area contributed by atoms with Crippen molar-refractivity contribution in [3.63, 3.8) is 0 Å². The summed E-state index contributed by atoms with van der Waals surface area (Å²) in [5.74, 6) is -0.0973. The molecule has 0 aliphatic carbocycles. The summed E-state index contributed by atoms with van der Waals surface area (Å²) in [5, 5.41) is 2.91. The first-order valence-electron chi connectivity index (χ1n) is 12.1. The van der Waals surface area contributed by atoms with E-state index in [9.17, 15) is 14.4 Å². The largest absolute Gasteiger partial charge is 0.325 e. The molecule has 6 nitrogen and oxygen atoms in total. The molecule has 2 aliphatic heterocycles. The highest BCUT2D eigenvalue weighted by atomic mass is 32.2. The highest BCUT2D eigenvalue weighted by molar-refractivity contribution is 8.02. The summed E-state index contributed by atoms with van der Waals surface area (Å²) in [6, 6.07) is 21.1. The zero-order valence-corrected chi connectivity index (χ0v) is 21.7. The molecule has 0 bridgehead atoms. The van der Waals surface area contributed by atoms with Crippen molar-refractivity contribution in [1.29, 1.82) is 0 Å². The van der Waals surface area contributed by atoms with Crippen molar-refractivity contribution in [2.24, 2.45) is 0 Å². The molecule has 3 amide bonds. The van der Waals surface area contributed by atoms with Gasteiger partial charge in [0.2, 0.25) is 16.7 Å². The van der Waals surface area contributed by atoms with Crippen LogP contribution in [0.25, 0.3) is 0 Å². The Morgan fingerprint density at radius 3 is 2.33 bits per heavy atom. The minimum absolute atomic E-state index is 0.121. The molecule has 2 heterocycles. The summed E-state index contributed by atoms with van der Waals surface area (Å²) in [5.41, 5.74) is 5.99. The minimum atomic E-state index is -1.23. The number of fused-ring (bicyclic) bond motifs is 2. The Bertz CT molecular complexity index is 1350. The third kappa shape index (κ3) is 3.97. The molecule has 5 rings (SSSR count). The zero-order chi connectivity index (χ0) is 25.6. The number of aryl methyl sites for hydroxylation is 2. The first kappa shape index (κ1) is 24.1. The highest BCUT2D eigenvalue weighted by Gasteiger charge is 2.61. The van der Waals surface area contributed by atoms with Gasteiger partial charge in [-0.1, -0.05) is 50.2 Å². The van der Waals surface area contributed by atoms with E-state index in [1.54, 1.807) is 4.90 Å². The summed E-state index contributed by atoms with van der Waals surface area (Å²) < 4.78 is 0. The molecule has 0 saturated carbocycles. The number of carbonyl (C=O) groups is 3. The van der Waals surface area contributed by atoms with Gasteiger partial charge in [0.05, 0.1) is 11.4 Å². The van der Waals surface area contributed by atoms with E-state index < -0.39 is 4.87 Å². The average Bonchev–Trinajstić information content (AvgIpc) is 3.30. The number of carbonyl (C=O) groups excluding carboxylic acids is 3. The molecular formula is C29H29N3O3S. The quantitative estimate of drug-likeness (QED) is 0.514. The normalized spacial score (nSPS) is 18.9. The maximum atomic E-state index is 14.1. The van der Waals surface area contributed by atoms with Crippen LogP contribution in [0.4, 0.5) is 17.1 Å². The van der Waals surface area contributed by atoms with Crippen molar-refractivity contribution in [2.75, 3.05) is 27.4 Å². The zero-order valence-electron chi connectivity index (χ0n) is 20.9. The minimum Gasteiger partial charge on any atom is -0.325 e. The molecule has 184 valence electrons. The van der Waals surface area contributed by atoms with Crippen molar-refractivity contribution in [2.45, 2.75) is 38.5 Å². The number of hydrogen-bond donors (Lipinski definition) is 1. The van der Waals surface area contributed by atoms with E-state index in [-0.39, 0.29) is 30.0 Å². The van der Waals surface area contributed by atoms with Gasteiger partial charge in [0.15, 0.2) is 0 Å². The van der Waals surface area contributed by atoms with Gasteiger partial charge >= 0.3 is 0 Å². The molecule has 1 spiro atoms. The smallest absolute Gasteiger partial charge is 0.269 e. The van der Waals surface area contributed by atoms with Crippen molar-refractivity contribution in [3.05, 3.63) is 89.0 Å². The topological polar surface area (TPSA) is 69.7 Å². The second-order valence-electron chi connectivity index (χ2n) is 9.74. The molecule has 1 fully saturated rings. The number of thioether (sulfide) groups is 1. The first-order valence-corrected chi connectivity index (χ1v) is 13.1. The van der Waals surface area contributed by atoms with Gasteiger partial charge in [-0.2, -0.15) is 0 Å². The monoisotopic (exact) mass is 499 g/mol. The fourth-order valence-corrected chi connectivity index (χ4v) is 6.45. The van der Waals surface area contributed by atoms with Crippen molar-refractivity contribution in [1.82, 2.24) is 0 Å². The number of para-hydroxylation sites is 1. The Kier molecular flexibility index (Phi) is 6.12. The molecule has 36 heavy (non-hydrogen) atoms. The van der Waals surface area contributed by atoms with Crippen molar-refractivity contribution in [3.8, 4) is 0 Å². The third-order valence-electron chi connectivity index (χ3n) is 6.69. The van der Waals surface area contributed by atoms with Crippen LogP contribution in [0.5, 0.6) is 0 Å². The van der Waals surface area contributed by atoms with Gasteiger partial charge in [0.25, 0.3) is 5.91 Å². The number of amides is 3. The average molecular weight is 500 g/mol. The summed E-state index contributed by atoms with van der Waals surface area (Å²) in [6.45, 7) is 8.05. The number of anilines is 3. The van der Waals surface area contributed by atoms with Crippen molar-refractivity contribution < 1.29 is 14.4 Å². The predicted octanol–water partition coefficient (Wildman–Crippen LogP) is 5.34. The SMILES string of the molecule is Cc1cc(C)cc(N2C(=O)CSC23C(=O)N(CC(=O)Nc2ccc(C(C)C)cc2)c2ccccc23)c1. The number of rotatable bonds is 5. The fourth-order valence-electron chi connectivity index (χ4n) is 5.09. The molecule has 1 N–H and O–H groups in total. The van der Waals surface area contributed by atoms with Crippen LogP contribution >= 0.6 is 11.8 Å². The fraction of sp³-hybridized carbons (Fsp3) is 0.276. The van der Waals surface area contributed by atoms with Gasteiger partial charge in [-0.15, -0.1) is 11.8 Å². The lowest BCUT2D eigenvalue weighted by Gasteiger charge is -2.33. The van der Waals surface area contributed by atoms with Crippen LogP contribution in [0.3, 0.4) is 0 Å². The maximum absolute atomic E-state index is 14.1. The lowest BCUT2D eigenvalue weighted by atomic mass is 10.0. The molecule has 1 unspecified atom stereocenters. The Morgan fingerprint density at radius 2 is 1.67 bits per heavy atom. The van der Waals surface area contributed by atoms with Gasteiger partial charge < -0.3 is 5.32 Å². The number of hydrogen-bond acceptors (Lipinski definition) is 4.